The Morgan fingerprint density at radius 3 is 2.67 bits per heavy atom. The Hall–Kier alpha value is -2.24. The maximum atomic E-state index is 11.6. The smallest absolute Gasteiger partial charge is 0.222 e. The molecule has 1 aromatic rings. The standard InChI is InChI=1S/C21H34N4O2/c1-4-22-21(23-12-6-14-25-13-5-7-20(25)26)24-15-18-8-10-19(11-9-18)27-16-17(2)3/h8-11,17H,4-7,12-16H2,1-3H3,(H2,22,23,24). The van der Waals surface area contributed by atoms with E-state index in [1.807, 2.05) is 17.0 Å². The summed E-state index contributed by atoms with van der Waals surface area (Å²) in [5, 5.41) is 6.62. The van der Waals surface area contributed by atoms with Gasteiger partial charge in [0.15, 0.2) is 5.96 Å². The predicted molar refractivity (Wildman–Crippen MR) is 110 cm³/mol. The highest BCUT2D eigenvalue weighted by molar-refractivity contribution is 5.79. The number of rotatable bonds is 10. The molecule has 1 aliphatic rings. The first-order valence-corrected chi connectivity index (χ1v) is 10.1. The van der Waals surface area contributed by atoms with E-state index in [4.69, 9.17) is 4.74 Å². The molecule has 6 nitrogen and oxygen atoms in total. The largest absolute Gasteiger partial charge is 0.493 e. The van der Waals surface area contributed by atoms with Gasteiger partial charge in [-0.1, -0.05) is 26.0 Å². The van der Waals surface area contributed by atoms with Crippen molar-refractivity contribution in [1.82, 2.24) is 15.5 Å². The minimum absolute atomic E-state index is 0.288. The van der Waals surface area contributed by atoms with E-state index in [2.05, 4.69) is 48.5 Å². The number of guanidine groups is 1. The van der Waals surface area contributed by atoms with Gasteiger partial charge in [0.25, 0.3) is 0 Å². The van der Waals surface area contributed by atoms with E-state index in [9.17, 15) is 4.79 Å². The number of amides is 1. The number of nitrogens with zero attached hydrogens (tertiary/aromatic N) is 2. The van der Waals surface area contributed by atoms with E-state index in [1.165, 1.54) is 0 Å². The Balaban J connectivity index is 1.75. The summed E-state index contributed by atoms with van der Waals surface area (Å²) in [5.41, 5.74) is 1.15. The zero-order valence-corrected chi connectivity index (χ0v) is 17.0. The van der Waals surface area contributed by atoms with Crippen molar-refractivity contribution in [3.8, 4) is 5.75 Å². The first-order valence-electron chi connectivity index (χ1n) is 10.1. The molecule has 6 heteroatoms. The molecule has 27 heavy (non-hydrogen) atoms. The Morgan fingerprint density at radius 2 is 2.04 bits per heavy atom. The van der Waals surface area contributed by atoms with Crippen molar-refractivity contribution in [2.75, 3.05) is 32.8 Å². The lowest BCUT2D eigenvalue weighted by Gasteiger charge is -2.16. The molecule has 1 saturated heterocycles. The molecule has 1 fully saturated rings. The first-order chi connectivity index (χ1) is 13.1. The summed E-state index contributed by atoms with van der Waals surface area (Å²) in [6.45, 7) is 11.0. The third-order valence-corrected chi connectivity index (χ3v) is 4.34. The molecule has 0 saturated carbocycles. The first kappa shape index (κ1) is 21.1. The molecule has 0 spiro atoms. The van der Waals surface area contributed by atoms with Crippen molar-refractivity contribution >= 4 is 11.9 Å². The second-order valence-electron chi connectivity index (χ2n) is 7.31. The molecule has 1 aromatic carbocycles. The van der Waals surface area contributed by atoms with Gasteiger partial charge in [-0.05, 0) is 43.4 Å². The average Bonchev–Trinajstić information content (AvgIpc) is 3.07. The highest BCUT2D eigenvalue weighted by Gasteiger charge is 2.18. The lowest BCUT2D eigenvalue weighted by atomic mass is 10.2. The van der Waals surface area contributed by atoms with Gasteiger partial charge >= 0.3 is 0 Å². The Labute approximate surface area is 163 Å². The van der Waals surface area contributed by atoms with Gasteiger partial charge in [-0.15, -0.1) is 0 Å². The molecule has 0 atom stereocenters. The van der Waals surface area contributed by atoms with Crippen LogP contribution in [0.15, 0.2) is 29.3 Å². The highest BCUT2D eigenvalue weighted by atomic mass is 16.5. The number of benzene rings is 1. The fourth-order valence-electron chi connectivity index (χ4n) is 2.88. The van der Waals surface area contributed by atoms with Crippen molar-refractivity contribution in [2.24, 2.45) is 10.9 Å². The third-order valence-electron chi connectivity index (χ3n) is 4.34. The Kier molecular flexibility index (Phi) is 8.95. The molecule has 2 N–H and O–H groups in total. The lowest BCUT2D eigenvalue weighted by Crippen LogP contribution is -2.39. The molecule has 1 heterocycles. The highest BCUT2D eigenvalue weighted by Crippen LogP contribution is 2.14. The second-order valence-corrected chi connectivity index (χ2v) is 7.31. The molecule has 0 aliphatic carbocycles. The summed E-state index contributed by atoms with van der Waals surface area (Å²) < 4.78 is 5.71. The van der Waals surface area contributed by atoms with Crippen molar-refractivity contribution in [1.29, 1.82) is 0 Å². The van der Waals surface area contributed by atoms with E-state index in [-0.39, 0.29) is 5.91 Å². The SMILES string of the molecule is CCNC(=NCc1ccc(OCC(C)C)cc1)NCCCN1CCCC1=O. The van der Waals surface area contributed by atoms with Gasteiger partial charge in [0, 0.05) is 32.6 Å². The van der Waals surface area contributed by atoms with Gasteiger partial charge < -0.3 is 20.3 Å². The summed E-state index contributed by atoms with van der Waals surface area (Å²) >= 11 is 0. The molecule has 2 rings (SSSR count). The van der Waals surface area contributed by atoms with Gasteiger partial charge in [0.2, 0.25) is 5.91 Å². The molecule has 1 aliphatic heterocycles. The van der Waals surface area contributed by atoms with Gasteiger partial charge in [0.1, 0.15) is 5.75 Å². The van der Waals surface area contributed by atoms with Gasteiger partial charge in [-0.25, -0.2) is 4.99 Å². The summed E-state index contributed by atoms with van der Waals surface area (Å²) in [6.07, 6.45) is 2.63. The summed E-state index contributed by atoms with van der Waals surface area (Å²) in [6, 6.07) is 8.12. The minimum atomic E-state index is 0.288. The van der Waals surface area contributed by atoms with Crippen molar-refractivity contribution in [3.05, 3.63) is 29.8 Å². The number of aliphatic imine (C=N–C) groups is 1. The summed E-state index contributed by atoms with van der Waals surface area (Å²) in [5.74, 6) is 2.52. The molecule has 0 bridgehead atoms. The molecule has 1 amide bonds. The van der Waals surface area contributed by atoms with Gasteiger partial charge in [-0.3, -0.25) is 4.79 Å². The Bertz CT molecular complexity index is 599. The van der Waals surface area contributed by atoms with Crippen molar-refractivity contribution in [3.63, 3.8) is 0 Å². The summed E-state index contributed by atoms with van der Waals surface area (Å²) in [4.78, 5) is 18.2. The number of ether oxygens (including phenoxy) is 1. The molecule has 0 radical (unpaired) electrons. The molecule has 150 valence electrons. The number of hydrogen-bond acceptors (Lipinski definition) is 3. The van der Waals surface area contributed by atoms with E-state index >= 15 is 0 Å². The van der Waals surface area contributed by atoms with Gasteiger partial charge in [-0.2, -0.15) is 0 Å². The molecular formula is C21H34N4O2. The average molecular weight is 375 g/mol. The van der Waals surface area contributed by atoms with Crippen LogP contribution >= 0.6 is 0 Å². The number of nitrogens with one attached hydrogen (secondary N) is 2. The quantitative estimate of drug-likeness (QED) is 0.375. The monoisotopic (exact) mass is 374 g/mol. The fourth-order valence-corrected chi connectivity index (χ4v) is 2.88. The second kappa shape index (κ2) is 11.5. The van der Waals surface area contributed by atoms with Crippen LogP contribution in [0.25, 0.3) is 0 Å². The van der Waals surface area contributed by atoms with E-state index in [1.54, 1.807) is 0 Å². The maximum Gasteiger partial charge on any atom is 0.222 e. The predicted octanol–water partition coefficient (Wildman–Crippen LogP) is 2.79. The fraction of sp³-hybridized carbons (Fsp3) is 0.619. The lowest BCUT2D eigenvalue weighted by molar-refractivity contribution is -0.127. The normalized spacial score (nSPS) is 14.7. The van der Waals surface area contributed by atoms with Crippen LogP contribution in [0.2, 0.25) is 0 Å². The number of hydrogen-bond donors (Lipinski definition) is 2. The molecular weight excluding hydrogens is 340 g/mol. The van der Waals surface area contributed by atoms with Gasteiger partial charge in [0.05, 0.1) is 13.2 Å². The van der Waals surface area contributed by atoms with E-state index < -0.39 is 0 Å². The van der Waals surface area contributed by atoms with Crippen molar-refractivity contribution < 1.29 is 9.53 Å². The van der Waals surface area contributed by atoms with Crippen LogP contribution in [0, 0.1) is 5.92 Å². The third kappa shape index (κ3) is 7.89. The topological polar surface area (TPSA) is 66.0 Å². The van der Waals surface area contributed by atoms with E-state index in [0.717, 1.165) is 62.9 Å². The van der Waals surface area contributed by atoms with Crippen LogP contribution in [-0.4, -0.2) is 49.6 Å². The summed E-state index contributed by atoms with van der Waals surface area (Å²) in [7, 11) is 0. The minimum Gasteiger partial charge on any atom is -0.493 e. The van der Waals surface area contributed by atoms with Crippen LogP contribution in [0.3, 0.4) is 0 Å². The van der Waals surface area contributed by atoms with E-state index in [0.29, 0.717) is 18.9 Å². The van der Waals surface area contributed by atoms with Crippen LogP contribution < -0.4 is 15.4 Å². The number of likely N-dealkylation sites (tertiary alicyclic amines) is 1. The maximum absolute atomic E-state index is 11.6. The van der Waals surface area contributed by atoms with Crippen LogP contribution in [0.1, 0.15) is 45.6 Å². The van der Waals surface area contributed by atoms with Crippen LogP contribution in [-0.2, 0) is 11.3 Å². The zero-order chi connectivity index (χ0) is 19.5. The van der Waals surface area contributed by atoms with Crippen LogP contribution in [0.4, 0.5) is 0 Å². The molecule has 0 unspecified atom stereocenters. The Morgan fingerprint density at radius 1 is 1.26 bits per heavy atom. The zero-order valence-electron chi connectivity index (χ0n) is 17.0. The number of carbonyl (C=O) groups excluding carboxylic acids is 1. The van der Waals surface area contributed by atoms with Crippen LogP contribution in [0.5, 0.6) is 5.75 Å². The van der Waals surface area contributed by atoms with Crippen molar-refractivity contribution in [2.45, 2.75) is 46.6 Å². The molecule has 0 aromatic heterocycles. The number of carbonyl (C=O) groups is 1.